The van der Waals surface area contributed by atoms with Crippen molar-refractivity contribution < 1.29 is 27.5 Å². The van der Waals surface area contributed by atoms with Crippen molar-refractivity contribution in [1.29, 1.82) is 0 Å². The molecule has 154 valence electrons. The summed E-state index contributed by atoms with van der Waals surface area (Å²) in [5.41, 5.74) is 5.00. The number of benzene rings is 1. The first-order valence-corrected chi connectivity index (χ1v) is 10.5. The maximum atomic E-state index is 12.6. The Morgan fingerprint density at radius 1 is 1.11 bits per heavy atom. The first-order chi connectivity index (χ1) is 13.1. The van der Waals surface area contributed by atoms with Crippen LogP contribution in [0.15, 0.2) is 29.2 Å². The van der Waals surface area contributed by atoms with Crippen LogP contribution in [-0.2, 0) is 29.1 Å². The third kappa shape index (κ3) is 5.66. The third-order valence-electron chi connectivity index (χ3n) is 4.29. The van der Waals surface area contributed by atoms with E-state index in [9.17, 15) is 22.8 Å². The second kappa shape index (κ2) is 9.35. The van der Waals surface area contributed by atoms with E-state index in [4.69, 9.17) is 22.1 Å². The van der Waals surface area contributed by atoms with E-state index in [1.54, 1.807) is 0 Å². The van der Waals surface area contributed by atoms with Crippen LogP contribution < -0.4 is 5.73 Å². The van der Waals surface area contributed by atoms with Crippen LogP contribution in [0.25, 0.3) is 0 Å². The van der Waals surface area contributed by atoms with Gasteiger partial charge in [0.25, 0.3) is 5.91 Å². The summed E-state index contributed by atoms with van der Waals surface area (Å²) in [7, 11) is -3.66. The molecule has 0 aromatic heterocycles. The van der Waals surface area contributed by atoms with Gasteiger partial charge in [0.05, 0.1) is 11.3 Å². The van der Waals surface area contributed by atoms with E-state index in [0.29, 0.717) is 5.02 Å². The lowest BCUT2D eigenvalue weighted by atomic mass is 10.2. The van der Waals surface area contributed by atoms with Gasteiger partial charge >= 0.3 is 5.97 Å². The highest BCUT2D eigenvalue weighted by Crippen LogP contribution is 2.20. The number of amides is 2. The molecule has 1 aromatic carbocycles. The third-order valence-corrected chi connectivity index (χ3v) is 6.46. The Balaban J connectivity index is 1.84. The van der Waals surface area contributed by atoms with Crippen LogP contribution in [0, 0.1) is 0 Å². The molecule has 2 amide bonds. The smallest absolute Gasteiger partial charge is 0.307 e. The van der Waals surface area contributed by atoms with Crippen LogP contribution in [0.3, 0.4) is 0 Å². The number of rotatable bonds is 7. The van der Waals surface area contributed by atoms with Crippen molar-refractivity contribution in [2.24, 2.45) is 5.73 Å². The van der Waals surface area contributed by atoms with Gasteiger partial charge in [0.2, 0.25) is 15.9 Å². The van der Waals surface area contributed by atoms with E-state index < -0.39 is 28.0 Å². The average molecular weight is 432 g/mol. The number of ether oxygens (including phenoxy) is 1. The number of sulfonamides is 1. The predicted octanol–water partition coefficient (Wildman–Crippen LogP) is 0.370. The van der Waals surface area contributed by atoms with Crippen LogP contribution in [0.2, 0.25) is 5.02 Å². The van der Waals surface area contributed by atoms with Crippen LogP contribution >= 0.6 is 11.6 Å². The van der Waals surface area contributed by atoms with Gasteiger partial charge in [-0.3, -0.25) is 14.4 Å². The van der Waals surface area contributed by atoms with Gasteiger partial charge in [-0.1, -0.05) is 11.6 Å². The second-order valence-corrected chi connectivity index (χ2v) is 8.65. The lowest BCUT2D eigenvalue weighted by Crippen LogP contribution is -2.50. The van der Waals surface area contributed by atoms with E-state index in [-0.39, 0.29) is 49.8 Å². The van der Waals surface area contributed by atoms with Crippen LogP contribution in [-0.4, -0.2) is 67.7 Å². The van der Waals surface area contributed by atoms with E-state index in [1.807, 2.05) is 0 Å². The molecular weight excluding hydrogens is 410 g/mol. The highest BCUT2D eigenvalue weighted by molar-refractivity contribution is 7.89. The van der Waals surface area contributed by atoms with E-state index in [0.717, 1.165) is 0 Å². The molecule has 28 heavy (non-hydrogen) atoms. The van der Waals surface area contributed by atoms with Crippen LogP contribution in [0.1, 0.15) is 19.8 Å². The Hall–Kier alpha value is -2.17. The molecule has 0 unspecified atom stereocenters. The van der Waals surface area contributed by atoms with Gasteiger partial charge in [-0.15, -0.1) is 0 Å². The zero-order chi connectivity index (χ0) is 20.9. The number of piperazine rings is 1. The maximum absolute atomic E-state index is 12.6. The molecule has 0 aliphatic carbocycles. The molecule has 1 saturated heterocycles. The molecule has 1 aliphatic rings. The predicted molar refractivity (Wildman–Crippen MR) is 101 cm³/mol. The topological polar surface area (TPSA) is 127 Å². The van der Waals surface area contributed by atoms with Gasteiger partial charge in [0, 0.05) is 37.6 Å². The number of esters is 1. The van der Waals surface area contributed by atoms with Crippen molar-refractivity contribution in [3.05, 3.63) is 29.3 Å². The number of nitrogens with two attached hydrogens (primary N) is 1. The highest BCUT2D eigenvalue weighted by atomic mass is 35.5. The van der Waals surface area contributed by atoms with E-state index in [1.165, 1.54) is 40.4 Å². The molecule has 9 nitrogen and oxygen atoms in total. The Morgan fingerprint density at radius 2 is 1.68 bits per heavy atom. The molecule has 1 aliphatic heterocycles. The fourth-order valence-corrected chi connectivity index (χ4v) is 4.16. The first kappa shape index (κ1) is 22.1. The van der Waals surface area contributed by atoms with Gasteiger partial charge in [0.1, 0.15) is 0 Å². The fraction of sp³-hybridized carbons (Fsp3) is 0.471. The molecule has 0 saturated carbocycles. The van der Waals surface area contributed by atoms with Gasteiger partial charge in [-0.25, -0.2) is 8.42 Å². The lowest BCUT2D eigenvalue weighted by Gasteiger charge is -2.34. The van der Waals surface area contributed by atoms with Crippen LogP contribution in [0.4, 0.5) is 0 Å². The van der Waals surface area contributed by atoms with Crippen molar-refractivity contribution in [1.82, 2.24) is 9.21 Å². The fourth-order valence-electron chi connectivity index (χ4n) is 2.61. The molecule has 1 fully saturated rings. The monoisotopic (exact) mass is 431 g/mol. The quantitative estimate of drug-likeness (QED) is 0.621. The number of halogens is 1. The summed E-state index contributed by atoms with van der Waals surface area (Å²) in [5.74, 6) is -1.74. The normalized spacial score (nSPS) is 16.4. The minimum absolute atomic E-state index is 0.0890. The maximum Gasteiger partial charge on any atom is 0.307 e. The zero-order valence-electron chi connectivity index (χ0n) is 15.3. The Bertz CT molecular complexity index is 835. The summed E-state index contributed by atoms with van der Waals surface area (Å²) in [5, 5.41) is 0.443. The summed E-state index contributed by atoms with van der Waals surface area (Å²) in [6.45, 7) is 2.10. The standard InChI is InChI=1S/C17H22ClN3O6S/c1-12(17(19)24)27-16(23)7-6-15(22)20-8-10-21(11-9-20)28(25,26)14-4-2-13(18)3-5-14/h2-5,12H,6-11H2,1H3,(H2,19,24)/t12-/m1/s1. The molecule has 0 bridgehead atoms. The first-order valence-electron chi connectivity index (χ1n) is 8.63. The van der Waals surface area contributed by atoms with Crippen molar-refractivity contribution in [3.63, 3.8) is 0 Å². The number of carbonyl (C=O) groups excluding carboxylic acids is 3. The second-order valence-electron chi connectivity index (χ2n) is 6.27. The minimum Gasteiger partial charge on any atom is -0.453 e. The number of hydrogen-bond donors (Lipinski definition) is 1. The Kier molecular flexibility index (Phi) is 7.39. The molecule has 0 spiro atoms. The molecular formula is C17H22ClN3O6S. The largest absolute Gasteiger partial charge is 0.453 e. The summed E-state index contributed by atoms with van der Waals surface area (Å²) >= 11 is 5.79. The van der Waals surface area contributed by atoms with Gasteiger partial charge in [-0.05, 0) is 31.2 Å². The molecule has 2 N–H and O–H groups in total. The molecule has 2 rings (SSSR count). The number of nitrogens with zero attached hydrogens (tertiary/aromatic N) is 2. The molecule has 11 heteroatoms. The number of carbonyl (C=O) groups is 3. The van der Waals surface area contributed by atoms with Crippen molar-refractivity contribution >= 4 is 39.4 Å². The molecule has 1 aromatic rings. The average Bonchev–Trinajstić information content (AvgIpc) is 2.66. The summed E-state index contributed by atoms with van der Waals surface area (Å²) < 4.78 is 31.4. The van der Waals surface area contributed by atoms with Gasteiger partial charge < -0.3 is 15.4 Å². The Morgan fingerprint density at radius 3 is 2.21 bits per heavy atom. The lowest BCUT2D eigenvalue weighted by molar-refractivity contribution is -0.154. The van der Waals surface area contributed by atoms with Crippen molar-refractivity contribution in [2.45, 2.75) is 30.8 Å². The number of primary amides is 1. The highest BCUT2D eigenvalue weighted by Gasteiger charge is 2.30. The van der Waals surface area contributed by atoms with E-state index in [2.05, 4.69) is 0 Å². The zero-order valence-corrected chi connectivity index (χ0v) is 16.9. The minimum atomic E-state index is -3.66. The summed E-state index contributed by atoms with van der Waals surface area (Å²) in [6.07, 6.45) is -1.32. The van der Waals surface area contributed by atoms with E-state index >= 15 is 0 Å². The number of hydrogen-bond acceptors (Lipinski definition) is 6. The van der Waals surface area contributed by atoms with Crippen molar-refractivity contribution in [2.75, 3.05) is 26.2 Å². The summed E-state index contributed by atoms with van der Waals surface area (Å²) in [6, 6.07) is 5.89. The van der Waals surface area contributed by atoms with Crippen molar-refractivity contribution in [3.8, 4) is 0 Å². The van der Waals surface area contributed by atoms with Gasteiger partial charge in [0.15, 0.2) is 6.10 Å². The molecule has 1 heterocycles. The van der Waals surface area contributed by atoms with Crippen LogP contribution in [0.5, 0.6) is 0 Å². The SMILES string of the molecule is C[C@@H](OC(=O)CCC(=O)N1CCN(S(=O)(=O)c2ccc(Cl)cc2)CC1)C(N)=O. The molecule has 1 atom stereocenters. The Labute approximate surface area is 168 Å². The summed E-state index contributed by atoms with van der Waals surface area (Å²) in [4.78, 5) is 36.3. The van der Waals surface area contributed by atoms with Gasteiger partial charge in [-0.2, -0.15) is 4.31 Å². The molecule has 0 radical (unpaired) electrons.